The fourth-order valence-electron chi connectivity index (χ4n) is 0.957. The normalized spacial score (nSPS) is 9.57. The number of aromatic nitrogens is 1. The molecule has 4 heteroatoms. The first-order chi connectivity index (χ1) is 6.59. The van der Waals surface area contributed by atoms with Crippen molar-refractivity contribution in [3.05, 3.63) is 41.2 Å². The summed E-state index contributed by atoms with van der Waals surface area (Å²) in [6.45, 7) is 5.62. The maximum absolute atomic E-state index is 11.5. The number of carbonyl (C=O) groups is 1. The van der Waals surface area contributed by atoms with Gasteiger partial charge >= 0.3 is 0 Å². The Labute approximate surface area is 87.8 Å². The van der Waals surface area contributed by atoms with Crippen LogP contribution in [0.15, 0.2) is 30.1 Å². The molecule has 1 rings (SSSR count). The average molecular weight is 211 g/mol. The molecule has 0 atom stereocenters. The number of nitrogens with zero attached hydrogens (tertiary/aromatic N) is 1. The number of hydrogen-bond donors (Lipinski definition) is 1. The van der Waals surface area contributed by atoms with E-state index in [0.717, 1.165) is 5.56 Å². The highest BCUT2D eigenvalue weighted by Gasteiger charge is 2.04. The number of nitrogens with one attached hydrogen (secondary N) is 1. The van der Waals surface area contributed by atoms with Crippen molar-refractivity contribution >= 4 is 17.5 Å². The van der Waals surface area contributed by atoms with Crippen LogP contribution in [-0.2, 0) is 0 Å². The van der Waals surface area contributed by atoms with Crippen LogP contribution in [0.5, 0.6) is 0 Å². The standard InChI is InChI=1S/C10H11ClN2O/c1-7-3-9(6-12-4-7)10(14)13-5-8(2)11/h3-4,6H,2,5H2,1H3,(H,13,14). The summed E-state index contributed by atoms with van der Waals surface area (Å²) in [5, 5.41) is 3.02. The number of pyridine rings is 1. The molecule has 1 aromatic rings. The van der Waals surface area contributed by atoms with Gasteiger partial charge in [-0.15, -0.1) is 0 Å². The average Bonchev–Trinajstić information content (AvgIpc) is 2.14. The van der Waals surface area contributed by atoms with E-state index in [0.29, 0.717) is 10.6 Å². The minimum absolute atomic E-state index is 0.192. The summed E-state index contributed by atoms with van der Waals surface area (Å²) in [5.41, 5.74) is 1.48. The molecule has 1 heterocycles. The third-order valence-corrected chi connectivity index (χ3v) is 1.71. The van der Waals surface area contributed by atoms with Crippen molar-refractivity contribution < 1.29 is 4.79 Å². The molecule has 0 aliphatic rings. The number of carbonyl (C=O) groups excluding carboxylic acids is 1. The van der Waals surface area contributed by atoms with Gasteiger partial charge < -0.3 is 5.32 Å². The molecular weight excluding hydrogens is 200 g/mol. The van der Waals surface area contributed by atoms with Gasteiger partial charge in [-0.25, -0.2) is 0 Å². The van der Waals surface area contributed by atoms with Gasteiger partial charge in [0.15, 0.2) is 0 Å². The van der Waals surface area contributed by atoms with E-state index in [-0.39, 0.29) is 12.5 Å². The lowest BCUT2D eigenvalue weighted by atomic mass is 10.2. The van der Waals surface area contributed by atoms with Crippen LogP contribution >= 0.6 is 11.6 Å². The lowest BCUT2D eigenvalue weighted by Gasteiger charge is -2.03. The Morgan fingerprint density at radius 1 is 1.64 bits per heavy atom. The molecule has 0 unspecified atom stereocenters. The van der Waals surface area contributed by atoms with Crippen LogP contribution in [0.1, 0.15) is 15.9 Å². The molecule has 3 nitrogen and oxygen atoms in total. The first-order valence-electron chi connectivity index (χ1n) is 4.12. The van der Waals surface area contributed by atoms with Crippen LogP contribution < -0.4 is 5.32 Å². The zero-order valence-electron chi connectivity index (χ0n) is 7.88. The molecule has 1 N–H and O–H groups in total. The molecular formula is C10H11ClN2O. The van der Waals surface area contributed by atoms with Crippen molar-refractivity contribution in [3.63, 3.8) is 0 Å². The van der Waals surface area contributed by atoms with E-state index in [2.05, 4.69) is 16.9 Å². The molecule has 0 aliphatic heterocycles. The van der Waals surface area contributed by atoms with Crippen LogP contribution in [0.4, 0.5) is 0 Å². The summed E-state index contributed by atoms with van der Waals surface area (Å²) in [5.74, 6) is -0.192. The Hall–Kier alpha value is -1.35. The molecule has 1 amide bonds. The Morgan fingerprint density at radius 2 is 2.36 bits per heavy atom. The number of amides is 1. The van der Waals surface area contributed by atoms with Gasteiger partial charge in [0.1, 0.15) is 0 Å². The quantitative estimate of drug-likeness (QED) is 0.828. The lowest BCUT2D eigenvalue weighted by molar-refractivity contribution is 0.0957. The predicted octanol–water partition coefficient (Wildman–Crippen LogP) is 1.87. The van der Waals surface area contributed by atoms with Gasteiger partial charge in [0, 0.05) is 17.4 Å². The van der Waals surface area contributed by atoms with Crippen molar-refractivity contribution in [3.8, 4) is 0 Å². The minimum Gasteiger partial charge on any atom is -0.347 e. The molecule has 0 aromatic carbocycles. The highest BCUT2D eigenvalue weighted by molar-refractivity contribution is 6.29. The summed E-state index contributed by atoms with van der Waals surface area (Å²) in [6, 6.07) is 1.76. The highest BCUT2D eigenvalue weighted by Crippen LogP contribution is 2.01. The SMILES string of the molecule is C=C(Cl)CNC(=O)c1cncc(C)c1. The van der Waals surface area contributed by atoms with E-state index in [1.165, 1.54) is 6.20 Å². The monoisotopic (exact) mass is 210 g/mol. The molecule has 74 valence electrons. The highest BCUT2D eigenvalue weighted by atomic mass is 35.5. The molecule has 0 saturated carbocycles. The molecule has 0 radical (unpaired) electrons. The summed E-state index contributed by atoms with van der Waals surface area (Å²) in [4.78, 5) is 15.4. The fraction of sp³-hybridized carbons (Fsp3) is 0.200. The molecule has 0 spiro atoms. The Morgan fingerprint density at radius 3 is 2.93 bits per heavy atom. The van der Waals surface area contributed by atoms with E-state index >= 15 is 0 Å². The summed E-state index contributed by atoms with van der Waals surface area (Å²) >= 11 is 5.52. The number of hydrogen-bond acceptors (Lipinski definition) is 2. The van der Waals surface area contributed by atoms with Crippen LogP contribution in [0, 0.1) is 6.92 Å². The Kier molecular flexibility index (Phi) is 3.65. The fourth-order valence-corrected chi connectivity index (χ4v) is 1.02. The smallest absolute Gasteiger partial charge is 0.253 e. The van der Waals surface area contributed by atoms with Crippen LogP contribution in [0.3, 0.4) is 0 Å². The van der Waals surface area contributed by atoms with Gasteiger partial charge in [-0.1, -0.05) is 18.2 Å². The van der Waals surface area contributed by atoms with E-state index in [4.69, 9.17) is 11.6 Å². The summed E-state index contributed by atoms with van der Waals surface area (Å²) < 4.78 is 0. The van der Waals surface area contributed by atoms with Gasteiger partial charge in [0.2, 0.25) is 0 Å². The van der Waals surface area contributed by atoms with Gasteiger partial charge in [0.05, 0.1) is 12.1 Å². The maximum atomic E-state index is 11.5. The molecule has 0 saturated heterocycles. The van der Waals surface area contributed by atoms with E-state index in [9.17, 15) is 4.79 Å². The second-order valence-electron chi connectivity index (χ2n) is 2.95. The van der Waals surface area contributed by atoms with Gasteiger partial charge in [0.25, 0.3) is 5.91 Å². The van der Waals surface area contributed by atoms with Crippen LogP contribution in [0.2, 0.25) is 0 Å². The largest absolute Gasteiger partial charge is 0.347 e. The number of rotatable bonds is 3. The van der Waals surface area contributed by atoms with Gasteiger partial charge in [-0.3, -0.25) is 9.78 Å². The van der Waals surface area contributed by atoms with E-state index < -0.39 is 0 Å². The molecule has 0 fully saturated rings. The maximum Gasteiger partial charge on any atom is 0.253 e. The Bertz CT molecular complexity index is 363. The third kappa shape index (κ3) is 3.18. The number of aryl methyl sites for hydroxylation is 1. The molecule has 0 aliphatic carbocycles. The first-order valence-corrected chi connectivity index (χ1v) is 4.50. The van der Waals surface area contributed by atoms with Crippen molar-refractivity contribution in [1.29, 1.82) is 0 Å². The van der Waals surface area contributed by atoms with Crippen LogP contribution in [0.25, 0.3) is 0 Å². The second-order valence-corrected chi connectivity index (χ2v) is 3.49. The first kappa shape index (κ1) is 10.7. The van der Waals surface area contributed by atoms with Crippen molar-refractivity contribution in [2.75, 3.05) is 6.54 Å². The van der Waals surface area contributed by atoms with Crippen molar-refractivity contribution in [2.45, 2.75) is 6.92 Å². The predicted molar refractivity (Wildman–Crippen MR) is 56.3 cm³/mol. The van der Waals surface area contributed by atoms with E-state index in [1.807, 2.05) is 6.92 Å². The molecule has 1 aromatic heterocycles. The number of halogens is 1. The van der Waals surface area contributed by atoms with Crippen LogP contribution in [-0.4, -0.2) is 17.4 Å². The van der Waals surface area contributed by atoms with E-state index in [1.54, 1.807) is 12.3 Å². The third-order valence-electron chi connectivity index (χ3n) is 1.58. The minimum atomic E-state index is -0.192. The summed E-state index contributed by atoms with van der Waals surface area (Å²) in [6.07, 6.45) is 3.20. The van der Waals surface area contributed by atoms with Crippen molar-refractivity contribution in [2.24, 2.45) is 0 Å². The topological polar surface area (TPSA) is 42.0 Å². The van der Waals surface area contributed by atoms with Gasteiger partial charge in [-0.05, 0) is 18.6 Å². The second kappa shape index (κ2) is 4.77. The van der Waals surface area contributed by atoms with Crippen molar-refractivity contribution in [1.82, 2.24) is 10.3 Å². The van der Waals surface area contributed by atoms with Gasteiger partial charge in [-0.2, -0.15) is 0 Å². The zero-order valence-corrected chi connectivity index (χ0v) is 8.64. The zero-order chi connectivity index (χ0) is 10.6. The Balaban J connectivity index is 2.65. The molecule has 0 bridgehead atoms. The molecule has 14 heavy (non-hydrogen) atoms. The summed E-state index contributed by atoms with van der Waals surface area (Å²) in [7, 11) is 0. The lowest BCUT2D eigenvalue weighted by Crippen LogP contribution is -2.24.